The minimum absolute atomic E-state index is 0.260. The highest BCUT2D eigenvalue weighted by atomic mass is 33.1. The Morgan fingerprint density at radius 3 is 2.31 bits per heavy atom. The maximum absolute atomic E-state index is 12.2. The van der Waals surface area contributed by atoms with Crippen LogP contribution in [0.2, 0.25) is 0 Å². The predicted octanol–water partition coefficient (Wildman–Crippen LogP) is 5.82. The Morgan fingerprint density at radius 2 is 1.81 bits per heavy atom. The van der Waals surface area contributed by atoms with Crippen molar-refractivity contribution >= 4 is 33.5 Å². The van der Waals surface area contributed by atoms with Crippen molar-refractivity contribution in [1.82, 2.24) is 0 Å². The van der Waals surface area contributed by atoms with Gasteiger partial charge in [-0.25, -0.2) is 4.79 Å². The zero-order chi connectivity index (χ0) is 19.6. The quantitative estimate of drug-likeness (QED) is 0.354. The normalized spacial score (nSPS) is 13.6. The summed E-state index contributed by atoms with van der Waals surface area (Å²) in [7, 11) is 3.98. The highest BCUT2D eigenvalue weighted by Gasteiger charge is 2.22. The Labute approximate surface area is 165 Å². The molecule has 6 heteroatoms. The molecule has 0 N–H and O–H groups in total. The number of unbranched alkanes of at least 4 members (excludes halogenated alkanes) is 1. The summed E-state index contributed by atoms with van der Waals surface area (Å²) in [5.41, 5.74) is 0.601. The largest absolute Gasteiger partial charge is 0.456 e. The van der Waals surface area contributed by atoms with E-state index < -0.39 is 11.6 Å². The first-order chi connectivity index (χ1) is 12.2. The van der Waals surface area contributed by atoms with Gasteiger partial charge in [0.05, 0.1) is 0 Å². The standard InChI is InChI=1S/C17H24O4.C3H6S2/c1-6-7-8-15(18)20-14-10-9-12(2)11-13(14)16(19)21-17(3,4)5;1-2-4-5-3-1/h9-11H,6-8H2,1-5H3;1-3H2. The Hall–Kier alpha value is -1.14. The Bertz CT molecular complexity index is 582. The van der Waals surface area contributed by atoms with Crippen LogP contribution in [0.3, 0.4) is 0 Å². The molecule has 0 saturated carbocycles. The van der Waals surface area contributed by atoms with Gasteiger partial charge < -0.3 is 9.47 Å². The van der Waals surface area contributed by atoms with Gasteiger partial charge in [0.1, 0.15) is 16.9 Å². The van der Waals surface area contributed by atoms with E-state index in [1.165, 1.54) is 17.9 Å². The maximum atomic E-state index is 12.2. The summed E-state index contributed by atoms with van der Waals surface area (Å²) < 4.78 is 10.7. The lowest BCUT2D eigenvalue weighted by Crippen LogP contribution is -2.24. The molecule has 1 saturated heterocycles. The van der Waals surface area contributed by atoms with Gasteiger partial charge in [-0.3, -0.25) is 4.79 Å². The van der Waals surface area contributed by atoms with Crippen molar-refractivity contribution in [2.75, 3.05) is 11.5 Å². The summed E-state index contributed by atoms with van der Waals surface area (Å²) in [4.78, 5) is 24.0. The van der Waals surface area contributed by atoms with Gasteiger partial charge in [0, 0.05) is 17.9 Å². The topological polar surface area (TPSA) is 52.6 Å². The average molecular weight is 399 g/mol. The summed E-state index contributed by atoms with van der Waals surface area (Å²) in [6, 6.07) is 5.12. The molecule has 2 rings (SSSR count). The van der Waals surface area contributed by atoms with Crippen molar-refractivity contribution in [2.24, 2.45) is 0 Å². The van der Waals surface area contributed by atoms with Crippen molar-refractivity contribution in [1.29, 1.82) is 0 Å². The van der Waals surface area contributed by atoms with Crippen LogP contribution in [0, 0.1) is 6.92 Å². The van der Waals surface area contributed by atoms with Crippen LogP contribution in [0.15, 0.2) is 18.2 Å². The molecule has 26 heavy (non-hydrogen) atoms. The van der Waals surface area contributed by atoms with E-state index in [9.17, 15) is 9.59 Å². The molecule has 0 aromatic heterocycles. The van der Waals surface area contributed by atoms with Gasteiger partial charge in [0.25, 0.3) is 0 Å². The molecule has 0 radical (unpaired) electrons. The van der Waals surface area contributed by atoms with Crippen LogP contribution in [-0.2, 0) is 9.53 Å². The second-order valence-corrected chi connectivity index (χ2v) is 9.78. The molecule has 1 aliphatic rings. The summed E-state index contributed by atoms with van der Waals surface area (Å²) in [6.45, 7) is 9.27. The third-order valence-electron chi connectivity index (χ3n) is 3.25. The second-order valence-electron chi connectivity index (χ2n) is 7.08. The number of rotatable bonds is 5. The molecule has 1 aromatic rings. The first-order valence-electron chi connectivity index (χ1n) is 9.02. The molecule has 0 aliphatic carbocycles. The third-order valence-corrected chi connectivity index (χ3v) is 5.83. The first kappa shape index (κ1) is 22.9. The van der Waals surface area contributed by atoms with E-state index in [1.54, 1.807) is 39.0 Å². The number of ether oxygens (including phenoxy) is 2. The minimum atomic E-state index is -0.593. The third kappa shape index (κ3) is 9.53. The predicted molar refractivity (Wildman–Crippen MR) is 111 cm³/mol. The van der Waals surface area contributed by atoms with Crippen LogP contribution in [-0.4, -0.2) is 29.0 Å². The average Bonchev–Trinajstić information content (AvgIpc) is 3.12. The molecule has 1 heterocycles. The summed E-state index contributed by atoms with van der Waals surface area (Å²) >= 11 is 0. The molecular weight excluding hydrogens is 368 g/mol. The Balaban J connectivity index is 0.000000577. The molecule has 4 nitrogen and oxygen atoms in total. The monoisotopic (exact) mass is 398 g/mol. The molecule has 0 spiro atoms. The van der Waals surface area contributed by atoms with E-state index >= 15 is 0 Å². The van der Waals surface area contributed by atoms with Crippen LogP contribution in [0.4, 0.5) is 0 Å². The fourth-order valence-electron chi connectivity index (χ4n) is 2.01. The van der Waals surface area contributed by atoms with Crippen LogP contribution in [0.5, 0.6) is 5.75 Å². The molecule has 1 aliphatic heterocycles. The lowest BCUT2D eigenvalue weighted by atomic mass is 10.1. The van der Waals surface area contributed by atoms with E-state index in [1.807, 2.05) is 35.4 Å². The van der Waals surface area contributed by atoms with E-state index in [-0.39, 0.29) is 17.3 Å². The lowest BCUT2D eigenvalue weighted by molar-refractivity contribution is -0.134. The van der Waals surface area contributed by atoms with Gasteiger partial charge in [0.2, 0.25) is 0 Å². The molecule has 0 amide bonds. The molecule has 0 unspecified atom stereocenters. The lowest BCUT2D eigenvalue weighted by Gasteiger charge is -2.20. The summed E-state index contributed by atoms with van der Waals surface area (Å²) in [6.07, 6.45) is 3.46. The first-order valence-corrected chi connectivity index (χ1v) is 11.5. The van der Waals surface area contributed by atoms with Gasteiger partial charge in [-0.05, 0) is 58.2 Å². The summed E-state index contributed by atoms with van der Waals surface area (Å²) in [5.74, 6) is 2.21. The highest BCUT2D eigenvalue weighted by molar-refractivity contribution is 8.77. The smallest absolute Gasteiger partial charge is 0.342 e. The second kappa shape index (κ2) is 11.5. The molecule has 0 atom stereocenters. The minimum Gasteiger partial charge on any atom is -0.456 e. The Morgan fingerprint density at radius 1 is 1.15 bits per heavy atom. The van der Waals surface area contributed by atoms with Crippen LogP contribution < -0.4 is 4.74 Å². The number of carbonyl (C=O) groups is 2. The van der Waals surface area contributed by atoms with Gasteiger partial charge in [0.15, 0.2) is 0 Å². The zero-order valence-electron chi connectivity index (χ0n) is 16.4. The fraction of sp³-hybridized carbons (Fsp3) is 0.600. The molecule has 146 valence electrons. The number of aryl methyl sites for hydroxylation is 1. The van der Waals surface area contributed by atoms with Crippen molar-refractivity contribution in [3.8, 4) is 5.75 Å². The SMILES string of the molecule is C1CSSC1.CCCCC(=O)Oc1ccc(C)cc1C(=O)OC(C)(C)C. The number of hydrogen-bond donors (Lipinski definition) is 0. The maximum Gasteiger partial charge on any atom is 0.342 e. The van der Waals surface area contributed by atoms with Gasteiger partial charge in [-0.1, -0.05) is 41.0 Å². The van der Waals surface area contributed by atoms with Crippen molar-refractivity contribution in [3.05, 3.63) is 29.3 Å². The van der Waals surface area contributed by atoms with Crippen LogP contribution >= 0.6 is 21.6 Å². The highest BCUT2D eigenvalue weighted by Crippen LogP contribution is 2.29. The zero-order valence-corrected chi connectivity index (χ0v) is 18.1. The number of esters is 2. The summed E-state index contributed by atoms with van der Waals surface area (Å²) in [5, 5.41) is 0. The van der Waals surface area contributed by atoms with E-state index in [2.05, 4.69) is 0 Å². The van der Waals surface area contributed by atoms with E-state index in [4.69, 9.17) is 9.47 Å². The van der Waals surface area contributed by atoms with Crippen LogP contribution in [0.1, 0.15) is 69.3 Å². The molecular formula is C20H30O4S2. The van der Waals surface area contributed by atoms with Crippen molar-refractivity contribution < 1.29 is 19.1 Å². The van der Waals surface area contributed by atoms with Crippen molar-refractivity contribution in [3.63, 3.8) is 0 Å². The van der Waals surface area contributed by atoms with Crippen LogP contribution in [0.25, 0.3) is 0 Å². The number of benzene rings is 1. The number of carbonyl (C=O) groups excluding carboxylic acids is 2. The fourth-order valence-corrected chi connectivity index (χ4v) is 4.37. The van der Waals surface area contributed by atoms with Gasteiger partial charge in [-0.2, -0.15) is 0 Å². The van der Waals surface area contributed by atoms with Crippen molar-refractivity contribution in [2.45, 2.75) is 65.9 Å². The Kier molecular flexibility index (Phi) is 10.2. The molecule has 0 bridgehead atoms. The van der Waals surface area contributed by atoms with Gasteiger partial charge >= 0.3 is 11.9 Å². The number of hydrogen-bond acceptors (Lipinski definition) is 6. The molecule has 1 fully saturated rings. The van der Waals surface area contributed by atoms with Gasteiger partial charge in [-0.15, -0.1) is 0 Å². The molecule has 1 aromatic carbocycles. The van der Waals surface area contributed by atoms with E-state index in [0.29, 0.717) is 6.42 Å². The van der Waals surface area contributed by atoms with E-state index in [0.717, 1.165) is 18.4 Å².